The highest BCUT2D eigenvalue weighted by Gasteiger charge is 1.93. The summed E-state index contributed by atoms with van der Waals surface area (Å²) < 4.78 is 1.13. The normalized spacial score (nSPS) is 10.9. The summed E-state index contributed by atoms with van der Waals surface area (Å²) in [4.78, 5) is 0. The van der Waals surface area contributed by atoms with Crippen LogP contribution in [-0.4, -0.2) is 5.75 Å². The summed E-state index contributed by atoms with van der Waals surface area (Å²) >= 11 is 7.53. The van der Waals surface area contributed by atoms with Crippen molar-refractivity contribution in [1.29, 1.82) is 0 Å². The molecule has 1 rings (SSSR count). The van der Waals surface area contributed by atoms with E-state index in [1.807, 2.05) is 12.1 Å². The van der Waals surface area contributed by atoms with Crippen molar-refractivity contribution < 1.29 is 0 Å². The number of aryl methyl sites for hydroxylation is 1. The van der Waals surface area contributed by atoms with Crippen molar-refractivity contribution in [1.82, 2.24) is 0 Å². The average molecular weight is 243 g/mol. The highest BCUT2D eigenvalue weighted by Crippen LogP contribution is 2.16. The van der Waals surface area contributed by atoms with Crippen LogP contribution >= 0.6 is 28.6 Å². The molecule has 0 aliphatic heterocycles. The van der Waals surface area contributed by atoms with Crippen LogP contribution in [0.4, 0.5) is 0 Å². The second kappa shape index (κ2) is 4.73. The first-order valence-corrected chi connectivity index (χ1v) is 5.20. The molecule has 0 atom stereocenters. The summed E-state index contributed by atoms with van der Waals surface area (Å²) in [7, 11) is 0. The second-order valence-electron chi connectivity index (χ2n) is 2.59. The van der Waals surface area contributed by atoms with Gasteiger partial charge in [0.25, 0.3) is 0 Å². The van der Waals surface area contributed by atoms with Gasteiger partial charge in [-0.1, -0.05) is 34.1 Å². The summed E-state index contributed by atoms with van der Waals surface area (Å²) in [6.07, 6.45) is 4.13. The minimum Gasteiger partial charge on any atom is -0.175 e. The SMILES string of the molecule is Cc1cc(Br)ccc1C=CCS. The van der Waals surface area contributed by atoms with E-state index in [9.17, 15) is 0 Å². The van der Waals surface area contributed by atoms with E-state index < -0.39 is 0 Å². The van der Waals surface area contributed by atoms with Gasteiger partial charge in [0.2, 0.25) is 0 Å². The zero-order chi connectivity index (χ0) is 8.97. The van der Waals surface area contributed by atoms with E-state index in [0.29, 0.717) is 0 Å². The zero-order valence-corrected chi connectivity index (χ0v) is 9.40. The lowest BCUT2D eigenvalue weighted by Crippen LogP contribution is -1.79. The lowest BCUT2D eigenvalue weighted by atomic mass is 10.1. The first-order valence-electron chi connectivity index (χ1n) is 3.77. The van der Waals surface area contributed by atoms with Gasteiger partial charge in [-0.3, -0.25) is 0 Å². The van der Waals surface area contributed by atoms with E-state index in [1.54, 1.807) is 0 Å². The smallest absolute Gasteiger partial charge is 0.0178 e. The molecule has 0 unspecified atom stereocenters. The van der Waals surface area contributed by atoms with Gasteiger partial charge in [0.15, 0.2) is 0 Å². The lowest BCUT2D eigenvalue weighted by Gasteiger charge is -1.99. The van der Waals surface area contributed by atoms with E-state index in [1.165, 1.54) is 11.1 Å². The lowest BCUT2D eigenvalue weighted by molar-refractivity contribution is 1.42. The van der Waals surface area contributed by atoms with Crippen molar-refractivity contribution in [3.05, 3.63) is 39.9 Å². The fourth-order valence-electron chi connectivity index (χ4n) is 1.01. The molecule has 1 aromatic rings. The molecule has 0 amide bonds. The molecule has 0 heterocycles. The van der Waals surface area contributed by atoms with Crippen LogP contribution in [0.1, 0.15) is 11.1 Å². The van der Waals surface area contributed by atoms with Crippen LogP contribution in [0.2, 0.25) is 0 Å². The highest BCUT2D eigenvalue weighted by atomic mass is 79.9. The van der Waals surface area contributed by atoms with Gasteiger partial charge in [-0.2, -0.15) is 12.6 Å². The Morgan fingerprint density at radius 3 is 2.83 bits per heavy atom. The van der Waals surface area contributed by atoms with Crippen LogP contribution in [0, 0.1) is 6.92 Å². The van der Waals surface area contributed by atoms with Crippen LogP contribution in [0.3, 0.4) is 0 Å². The molecule has 0 N–H and O–H groups in total. The number of benzene rings is 1. The van der Waals surface area contributed by atoms with Crippen molar-refractivity contribution in [2.75, 3.05) is 5.75 Å². The molecule has 12 heavy (non-hydrogen) atoms. The first kappa shape index (κ1) is 9.87. The Morgan fingerprint density at radius 2 is 2.25 bits per heavy atom. The number of hydrogen-bond donors (Lipinski definition) is 1. The van der Waals surface area contributed by atoms with Crippen LogP contribution in [0.15, 0.2) is 28.7 Å². The Morgan fingerprint density at radius 1 is 1.50 bits per heavy atom. The van der Waals surface area contributed by atoms with Gasteiger partial charge in [-0.05, 0) is 30.2 Å². The number of thiol groups is 1. The van der Waals surface area contributed by atoms with E-state index in [2.05, 4.69) is 53.7 Å². The van der Waals surface area contributed by atoms with Crippen molar-refractivity contribution in [3.8, 4) is 0 Å². The number of halogens is 1. The molecule has 0 aliphatic carbocycles. The maximum absolute atomic E-state index is 4.11. The Bertz CT molecular complexity index is 292. The molecule has 1 aromatic carbocycles. The first-order chi connectivity index (χ1) is 5.74. The monoisotopic (exact) mass is 242 g/mol. The molecule has 0 saturated heterocycles. The molecular weight excluding hydrogens is 232 g/mol. The molecule has 0 bridgehead atoms. The molecule has 0 spiro atoms. The Kier molecular flexibility index (Phi) is 3.89. The van der Waals surface area contributed by atoms with Crippen LogP contribution in [0.5, 0.6) is 0 Å². The predicted octanol–water partition coefficient (Wildman–Crippen LogP) is 3.70. The summed E-state index contributed by atoms with van der Waals surface area (Å²) in [6, 6.07) is 6.25. The molecule has 0 aromatic heterocycles. The minimum atomic E-state index is 0.787. The summed E-state index contributed by atoms with van der Waals surface area (Å²) in [5, 5.41) is 0. The second-order valence-corrected chi connectivity index (χ2v) is 3.87. The molecule has 2 heteroatoms. The van der Waals surface area contributed by atoms with Gasteiger partial charge in [-0.25, -0.2) is 0 Å². The molecule has 0 nitrogen and oxygen atoms in total. The van der Waals surface area contributed by atoms with Crippen LogP contribution < -0.4 is 0 Å². The van der Waals surface area contributed by atoms with E-state index in [4.69, 9.17) is 0 Å². The standard InChI is InChI=1S/C10H11BrS/c1-8-7-10(11)5-4-9(8)3-2-6-12/h2-5,7,12H,6H2,1H3. The van der Waals surface area contributed by atoms with Crippen molar-refractivity contribution in [3.63, 3.8) is 0 Å². The van der Waals surface area contributed by atoms with Gasteiger partial charge >= 0.3 is 0 Å². The third-order valence-electron chi connectivity index (χ3n) is 1.63. The van der Waals surface area contributed by atoms with Gasteiger partial charge < -0.3 is 0 Å². The highest BCUT2D eigenvalue weighted by molar-refractivity contribution is 9.10. The zero-order valence-electron chi connectivity index (χ0n) is 6.92. The third kappa shape index (κ3) is 2.68. The summed E-state index contributed by atoms with van der Waals surface area (Å²) in [6.45, 7) is 2.10. The fraction of sp³-hybridized carbons (Fsp3) is 0.200. The maximum atomic E-state index is 4.11. The predicted molar refractivity (Wildman–Crippen MR) is 61.8 cm³/mol. The van der Waals surface area contributed by atoms with Gasteiger partial charge in [0.05, 0.1) is 0 Å². The molecule has 0 radical (unpaired) electrons. The van der Waals surface area contributed by atoms with Crippen LogP contribution in [-0.2, 0) is 0 Å². The molecule has 0 fully saturated rings. The topological polar surface area (TPSA) is 0 Å². The van der Waals surface area contributed by atoms with Crippen molar-refractivity contribution in [2.45, 2.75) is 6.92 Å². The van der Waals surface area contributed by atoms with E-state index in [0.717, 1.165) is 10.2 Å². The summed E-state index contributed by atoms with van der Waals surface area (Å²) in [5.74, 6) is 0.787. The van der Waals surface area contributed by atoms with Crippen LogP contribution in [0.25, 0.3) is 6.08 Å². The summed E-state index contributed by atoms with van der Waals surface area (Å²) in [5.41, 5.74) is 2.54. The Labute approximate surface area is 87.2 Å². The van der Waals surface area contributed by atoms with E-state index in [-0.39, 0.29) is 0 Å². The van der Waals surface area contributed by atoms with Gasteiger partial charge in [0.1, 0.15) is 0 Å². The molecule has 64 valence electrons. The Hall–Kier alpha value is -0.210. The third-order valence-corrected chi connectivity index (χ3v) is 2.34. The van der Waals surface area contributed by atoms with Crippen molar-refractivity contribution in [2.24, 2.45) is 0 Å². The van der Waals surface area contributed by atoms with E-state index >= 15 is 0 Å². The van der Waals surface area contributed by atoms with Crippen molar-refractivity contribution >= 4 is 34.6 Å². The Balaban J connectivity index is 2.94. The molecular formula is C10H11BrS. The molecule has 0 saturated carbocycles. The van der Waals surface area contributed by atoms with Gasteiger partial charge in [0, 0.05) is 10.2 Å². The van der Waals surface area contributed by atoms with Gasteiger partial charge in [-0.15, -0.1) is 0 Å². The quantitative estimate of drug-likeness (QED) is 0.752. The average Bonchev–Trinajstić information content (AvgIpc) is 2.03. The largest absolute Gasteiger partial charge is 0.175 e. The molecule has 0 aliphatic rings. The minimum absolute atomic E-state index is 0.787. The maximum Gasteiger partial charge on any atom is 0.0178 e. The number of rotatable bonds is 2. The fourth-order valence-corrected chi connectivity index (χ4v) is 1.59. The number of hydrogen-bond acceptors (Lipinski definition) is 1.